The molecule has 0 spiro atoms. The Balaban J connectivity index is 2.33. The molecule has 2 N–H and O–H groups in total. The summed E-state index contributed by atoms with van der Waals surface area (Å²) in [6.45, 7) is 2.71. The van der Waals surface area contributed by atoms with Crippen LogP contribution in [0.2, 0.25) is 0 Å². The Morgan fingerprint density at radius 2 is 2.29 bits per heavy atom. The molecule has 94 valence electrons. The van der Waals surface area contributed by atoms with Crippen LogP contribution < -0.4 is 11.3 Å². The third-order valence-corrected chi connectivity index (χ3v) is 2.92. The van der Waals surface area contributed by atoms with Crippen molar-refractivity contribution in [3.63, 3.8) is 0 Å². The summed E-state index contributed by atoms with van der Waals surface area (Å²) in [6.07, 6.45) is 1.60. The fraction of sp³-hybridized carbons (Fsp3) is 0.455. The van der Waals surface area contributed by atoms with E-state index in [1.807, 2.05) is 0 Å². The van der Waals surface area contributed by atoms with Gasteiger partial charge in [-0.15, -0.1) is 11.8 Å². The molecule has 0 atom stereocenters. The van der Waals surface area contributed by atoms with E-state index in [4.69, 9.17) is 10.5 Å². The SMILES string of the molecule is CCOC(=O)CSCCn1cc(N)ccc1=O. The summed E-state index contributed by atoms with van der Waals surface area (Å²) in [5, 5.41) is 0. The van der Waals surface area contributed by atoms with Crippen molar-refractivity contribution in [1.29, 1.82) is 0 Å². The summed E-state index contributed by atoms with van der Waals surface area (Å²) in [7, 11) is 0. The van der Waals surface area contributed by atoms with Crippen LogP contribution in [0.25, 0.3) is 0 Å². The van der Waals surface area contributed by atoms with Crippen molar-refractivity contribution in [2.75, 3.05) is 23.8 Å². The van der Waals surface area contributed by atoms with E-state index >= 15 is 0 Å². The average Bonchev–Trinajstić information content (AvgIpc) is 2.29. The highest BCUT2D eigenvalue weighted by Crippen LogP contribution is 2.03. The highest BCUT2D eigenvalue weighted by atomic mass is 32.2. The highest BCUT2D eigenvalue weighted by molar-refractivity contribution is 7.99. The second kappa shape index (κ2) is 7.01. The number of aryl methyl sites for hydroxylation is 1. The normalized spacial score (nSPS) is 10.2. The van der Waals surface area contributed by atoms with Crippen LogP contribution in [-0.4, -0.2) is 28.6 Å². The molecule has 0 radical (unpaired) electrons. The average molecular weight is 256 g/mol. The molecule has 17 heavy (non-hydrogen) atoms. The van der Waals surface area contributed by atoms with Gasteiger partial charge in [0, 0.05) is 30.2 Å². The number of nitrogens with zero attached hydrogens (tertiary/aromatic N) is 1. The zero-order chi connectivity index (χ0) is 12.7. The monoisotopic (exact) mass is 256 g/mol. The van der Waals surface area contributed by atoms with Crippen molar-refractivity contribution in [3.05, 3.63) is 28.7 Å². The number of rotatable bonds is 6. The van der Waals surface area contributed by atoms with Gasteiger partial charge in [0.05, 0.1) is 12.4 Å². The number of aromatic nitrogens is 1. The van der Waals surface area contributed by atoms with Crippen molar-refractivity contribution in [1.82, 2.24) is 4.57 Å². The Morgan fingerprint density at radius 3 is 3.00 bits per heavy atom. The maximum atomic E-state index is 11.4. The summed E-state index contributed by atoms with van der Waals surface area (Å²) in [4.78, 5) is 22.5. The van der Waals surface area contributed by atoms with Gasteiger partial charge in [0.2, 0.25) is 0 Å². The first kappa shape index (κ1) is 13.6. The molecular weight excluding hydrogens is 240 g/mol. The third kappa shape index (κ3) is 4.95. The lowest BCUT2D eigenvalue weighted by Crippen LogP contribution is -2.20. The minimum atomic E-state index is -0.225. The number of carbonyl (C=O) groups excluding carboxylic acids is 1. The van der Waals surface area contributed by atoms with E-state index in [9.17, 15) is 9.59 Å². The Labute approximate surface area is 104 Å². The summed E-state index contributed by atoms with van der Waals surface area (Å²) < 4.78 is 6.32. The fourth-order valence-corrected chi connectivity index (χ4v) is 1.97. The summed E-state index contributed by atoms with van der Waals surface area (Å²) in [6, 6.07) is 3.01. The molecule has 1 aromatic heterocycles. The van der Waals surface area contributed by atoms with Crippen LogP contribution in [0.5, 0.6) is 0 Å². The number of pyridine rings is 1. The summed E-state index contributed by atoms with van der Waals surface area (Å²) in [5.41, 5.74) is 6.05. The number of anilines is 1. The van der Waals surface area contributed by atoms with Crippen molar-refractivity contribution >= 4 is 23.4 Å². The standard InChI is InChI=1S/C11H16N2O3S/c1-2-16-11(15)8-17-6-5-13-7-9(12)3-4-10(13)14/h3-4,7H,2,5-6,8,12H2,1H3. The lowest BCUT2D eigenvalue weighted by Gasteiger charge is -2.06. The van der Waals surface area contributed by atoms with E-state index in [0.29, 0.717) is 30.3 Å². The number of hydrogen-bond donors (Lipinski definition) is 1. The van der Waals surface area contributed by atoms with Gasteiger partial charge in [-0.3, -0.25) is 9.59 Å². The molecule has 1 rings (SSSR count). The Kier molecular flexibility index (Phi) is 5.62. The number of esters is 1. The van der Waals surface area contributed by atoms with E-state index in [1.54, 1.807) is 19.2 Å². The summed E-state index contributed by atoms with van der Waals surface area (Å²) in [5.74, 6) is 0.755. The zero-order valence-electron chi connectivity index (χ0n) is 9.72. The minimum Gasteiger partial charge on any atom is -0.465 e. The highest BCUT2D eigenvalue weighted by Gasteiger charge is 2.02. The molecule has 0 bridgehead atoms. The van der Waals surface area contributed by atoms with Crippen molar-refractivity contribution in [3.8, 4) is 0 Å². The molecule has 0 aromatic carbocycles. The van der Waals surface area contributed by atoms with Gasteiger partial charge < -0.3 is 15.0 Å². The maximum absolute atomic E-state index is 11.4. The molecule has 0 aliphatic rings. The predicted octanol–water partition coefficient (Wildman–Crippen LogP) is 0.727. The van der Waals surface area contributed by atoms with Crippen LogP contribution in [0.15, 0.2) is 23.1 Å². The lowest BCUT2D eigenvalue weighted by molar-refractivity contribution is -0.139. The first-order chi connectivity index (χ1) is 8.13. The smallest absolute Gasteiger partial charge is 0.315 e. The number of ether oxygens (including phenoxy) is 1. The van der Waals surface area contributed by atoms with Crippen LogP contribution in [0.1, 0.15) is 6.92 Å². The molecule has 1 heterocycles. The Bertz CT molecular complexity index is 431. The topological polar surface area (TPSA) is 74.3 Å². The number of thioether (sulfide) groups is 1. The molecule has 0 amide bonds. The van der Waals surface area contributed by atoms with Gasteiger partial charge in [0.25, 0.3) is 5.56 Å². The van der Waals surface area contributed by atoms with Gasteiger partial charge in [-0.05, 0) is 13.0 Å². The fourth-order valence-electron chi connectivity index (χ4n) is 1.25. The van der Waals surface area contributed by atoms with E-state index in [1.165, 1.54) is 22.4 Å². The van der Waals surface area contributed by atoms with Gasteiger partial charge in [0.15, 0.2) is 0 Å². The minimum absolute atomic E-state index is 0.0871. The largest absolute Gasteiger partial charge is 0.465 e. The van der Waals surface area contributed by atoms with Crippen molar-refractivity contribution < 1.29 is 9.53 Å². The first-order valence-corrected chi connectivity index (χ1v) is 6.48. The molecule has 0 unspecified atom stereocenters. The Morgan fingerprint density at radius 1 is 1.53 bits per heavy atom. The van der Waals surface area contributed by atoms with Crippen LogP contribution >= 0.6 is 11.8 Å². The predicted molar refractivity (Wildman–Crippen MR) is 69.1 cm³/mol. The zero-order valence-corrected chi connectivity index (χ0v) is 10.5. The molecule has 0 aliphatic heterocycles. The molecular formula is C11H16N2O3S. The van der Waals surface area contributed by atoms with Crippen LogP contribution in [0, 0.1) is 0 Å². The number of carbonyl (C=O) groups is 1. The summed E-state index contributed by atoms with van der Waals surface area (Å²) >= 11 is 1.44. The molecule has 5 nitrogen and oxygen atoms in total. The van der Waals surface area contributed by atoms with Crippen LogP contribution in [-0.2, 0) is 16.1 Å². The van der Waals surface area contributed by atoms with Gasteiger partial charge in [-0.1, -0.05) is 0 Å². The van der Waals surface area contributed by atoms with E-state index in [-0.39, 0.29) is 11.5 Å². The molecule has 6 heteroatoms. The van der Waals surface area contributed by atoms with Crippen molar-refractivity contribution in [2.24, 2.45) is 0 Å². The van der Waals surface area contributed by atoms with Crippen LogP contribution in [0.3, 0.4) is 0 Å². The maximum Gasteiger partial charge on any atom is 0.315 e. The lowest BCUT2D eigenvalue weighted by atomic mass is 10.4. The number of hydrogen-bond acceptors (Lipinski definition) is 5. The van der Waals surface area contributed by atoms with Gasteiger partial charge in [-0.25, -0.2) is 0 Å². The number of nitrogens with two attached hydrogens (primary N) is 1. The molecule has 0 saturated heterocycles. The van der Waals surface area contributed by atoms with Gasteiger partial charge in [0.1, 0.15) is 0 Å². The third-order valence-electron chi connectivity index (χ3n) is 2.01. The second-order valence-electron chi connectivity index (χ2n) is 3.35. The first-order valence-electron chi connectivity index (χ1n) is 5.33. The van der Waals surface area contributed by atoms with Gasteiger partial charge >= 0.3 is 5.97 Å². The quantitative estimate of drug-likeness (QED) is 0.600. The van der Waals surface area contributed by atoms with E-state index < -0.39 is 0 Å². The molecule has 0 aliphatic carbocycles. The molecule has 0 fully saturated rings. The Hall–Kier alpha value is -1.43. The van der Waals surface area contributed by atoms with Gasteiger partial charge in [-0.2, -0.15) is 0 Å². The van der Waals surface area contributed by atoms with Crippen molar-refractivity contribution in [2.45, 2.75) is 13.5 Å². The van der Waals surface area contributed by atoms with E-state index in [2.05, 4.69) is 0 Å². The van der Waals surface area contributed by atoms with Crippen LogP contribution in [0.4, 0.5) is 5.69 Å². The van der Waals surface area contributed by atoms with E-state index in [0.717, 1.165) is 0 Å². The molecule has 0 saturated carbocycles. The second-order valence-corrected chi connectivity index (χ2v) is 4.46. The molecule has 1 aromatic rings. The number of nitrogen functional groups attached to an aromatic ring is 1.